The van der Waals surface area contributed by atoms with Crippen molar-refractivity contribution in [2.24, 2.45) is 7.05 Å². The van der Waals surface area contributed by atoms with E-state index in [1.165, 1.54) is 32.3 Å². The number of aryl methyl sites for hydroxylation is 1. The van der Waals surface area contributed by atoms with Gasteiger partial charge in [0.25, 0.3) is 0 Å². The Bertz CT molecular complexity index is 1810. The van der Waals surface area contributed by atoms with Gasteiger partial charge in [0.1, 0.15) is 5.58 Å². The van der Waals surface area contributed by atoms with Crippen LogP contribution in [-0.2, 0) is 27.2 Å². The predicted octanol–water partition coefficient (Wildman–Crippen LogP) is 7.24. The monoisotopic (exact) mass is 590 g/mol. The van der Waals surface area contributed by atoms with E-state index in [9.17, 15) is 0 Å². The van der Waals surface area contributed by atoms with Crippen molar-refractivity contribution in [2.45, 2.75) is 0 Å². The van der Waals surface area contributed by atoms with Crippen molar-refractivity contribution < 1.29 is 24.5 Å². The van der Waals surface area contributed by atoms with E-state index in [0.29, 0.717) is 0 Å². The van der Waals surface area contributed by atoms with Gasteiger partial charge >= 0.3 is 0 Å². The number of hydrogen-bond donors (Lipinski definition) is 0. The summed E-state index contributed by atoms with van der Waals surface area (Å²) < 4.78 is 8.44. The third-order valence-corrected chi connectivity index (χ3v) is 6.34. The molecule has 0 unspecified atom stereocenters. The number of hydrogen-bond acceptors (Lipinski definition) is 2. The predicted molar refractivity (Wildman–Crippen MR) is 127 cm³/mol. The van der Waals surface area contributed by atoms with Crippen LogP contribution in [0.2, 0.25) is 0 Å². The molecule has 0 fully saturated rings. The zero-order valence-corrected chi connectivity index (χ0v) is 19.6. The summed E-state index contributed by atoms with van der Waals surface area (Å²) >= 11 is 0. The van der Waals surface area contributed by atoms with E-state index in [4.69, 9.17) is 4.42 Å². The molecule has 32 heavy (non-hydrogen) atoms. The Labute approximate surface area is 197 Å². The molecule has 0 saturated heterocycles. The Hall–Kier alpha value is -3.46. The first-order chi connectivity index (χ1) is 15.3. The van der Waals surface area contributed by atoms with E-state index in [-0.39, 0.29) is 20.1 Å². The summed E-state index contributed by atoms with van der Waals surface area (Å²) in [7, 11) is 1.99. The van der Waals surface area contributed by atoms with E-state index in [2.05, 4.69) is 77.8 Å². The fourth-order valence-electron chi connectivity index (χ4n) is 4.91. The van der Waals surface area contributed by atoms with Gasteiger partial charge in [-0.1, -0.05) is 59.5 Å². The summed E-state index contributed by atoms with van der Waals surface area (Å²) in [6.07, 6.45) is 3.74. The van der Waals surface area contributed by atoms with Gasteiger partial charge in [-0.25, -0.2) is 0 Å². The molecule has 0 amide bonds. The maximum Gasteiger partial charge on any atom is 0.121 e. The molecular weight excluding hydrogens is 573 g/mol. The Balaban J connectivity index is 0.00000196. The SMILES string of the molecule is Cn1ccnc1-c1[c-]ccc2c1oc1cc3c4ccccc4c4ccccc4c3cc12.[Ir]. The van der Waals surface area contributed by atoms with Crippen molar-refractivity contribution in [3.05, 3.63) is 91.3 Å². The van der Waals surface area contributed by atoms with Crippen LogP contribution >= 0.6 is 0 Å². The minimum Gasteiger partial charge on any atom is -0.501 e. The van der Waals surface area contributed by atoms with Crippen LogP contribution in [0, 0.1) is 6.07 Å². The molecule has 155 valence electrons. The number of nitrogens with zero attached hydrogens (tertiary/aromatic N) is 2. The molecule has 1 radical (unpaired) electrons. The topological polar surface area (TPSA) is 31.0 Å². The molecule has 3 nitrogen and oxygen atoms in total. The van der Waals surface area contributed by atoms with Gasteiger partial charge in [-0.3, -0.25) is 4.98 Å². The van der Waals surface area contributed by atoms with Crippen LogP contribution in [0.25, 0.3) is 65.6 Å². The van der Waals surface area contributed by atoms with Gasteiger partial charge in [-0.2, -0.15) is 0 Å². The number of imidazole rings is 1. The second kappa shape index (κ2) is 7.03. The third-order valence-electron chi connectivity index (χ3n) is 6.34. The molecule has 0 atom stereocenters. The van der Waals surface area contributed by atoms with Crippen LogP contribution in [0.5, 0.6) is 0 Å². The van der Waals surface area contributed by atoms with E-state index in [1.807, 2.05) is 23.9 Å². The molecule has 2 aromatic heterocycles. The zero-order valence-electron chi connectivity index (χ0n) is 17.2. The molecule has 0 N–H and O–H groups in total. The van der Waals surface area contributed by atoms with Crippen LogP contribution in [0.15, 0.2) is 89.6 Å². The van der Waals surface area contributed by atoms with Crippen LogP contribution in [0.1, 0.15) is 0 Å². The molecule has 7 rings (SSSR count). The summed E-state index contributed by atoms with van der Waals surface area (Å²) in [5.74, 6) is 0.852. The fraction of sp³-hybridized carbons (Fsp3) is 0.0357. The maximum atomic E-state index is 6.45. The third kappa shape index (κ3) is 2.54. The van der Waals surface area contributed by atoms with Gasteiger partial charge in [0.15, 0.2) is 0 Å². The second-order valence-corrected chi connectivity index (χ2v) is 8.04. The zero-order chi connectivity index (χ0) is 20.5. The van der Waals surface area contributed by atoms with Gasteiger partial charge in [0, 0.05) is 44.9 Å². The van der Waals surface area contributed by atoms with E-state index >= 15 is 0 Å². The van der Waals surface area contributed by atoms with Crippen molar-refractivity contribution in [3.63, 3.8) is 0 Å². The minimum atomic E-state index is 0. The summed E-state index contributed by atoms with van der Waals surface area (Å²) in [4.78, 5) is 4.51. The van der Waals surface area contributed by atoms with Crippen LogP contribution < -0.4 is 0 Å². The van der Waals surface area contributed by atoms with Crippen LogP contribution in [0.3, 0.4) is 0 Å². The molecule has 2 heterocycles. The number of fused-ring (bicyclic) bond motifs is 9. The molecule has 0 aliphatic heterocycles. The summed E-state index contributed by atoms with van der Waals surface area (Å²) in [6, 6.07) is 29.1. The molecule has 0 aliphatic carbocycles. The van der Waals surface area contributed by atoms with Crippen molar-refractivity contribution in [3.8, 4) is 11.4 Å². The van der Waals surface area contributed by atoms with Gasteiger partial charge in [-0.05, 0) is 44.5 Å². The molecule has 7 aromatic rings. The molecule has 0 aliphatic rings. The first kappa shape index (κ1) is 19.2. The van der Waals surface area contributed by atoms with Crippen molar-refractivity contribution in [2.75, 3.05) is 0 Å². The maximum absolute atomic E-state index is 6.45. The summed E-state index contributed by atoms with van der Waals surface area (Å²) in [6.45, 7) is 0. The Morgan fingerprint density at radius 3 is 2.00 bits per heavy atom. The Morgan fingerprint density at radius 1 is 0.750 bits per heavy atom. The van der Waals surface area contributed by atoms with E-state index in [1.54, 1.807) is 6.20 Å². The summed E-state index contributed by atoms with van der Waals surface area (Å²) in [5, 5.41) is 9.72. The average Bonchev–Trinajstić information content (AvgIpc) is 3.41. The molecule has 4 heteroatoms. The standard InChI is InChI=1S/C28H17N2O.Ir/c1-30-14-13-29-28(30)22-12-6-11-21-25-15-23-19-9-4-2-7-17(19)18-8-3-5-10-20(18)24(23)16-26(25)31-27(21)22;/h2-11,13-16H,1H3;/q-1;. The minimum absolute atomic E-state index is 0. The Kier molecular flexibility index (Phi) is 4.23. The average molecular weight is 590 g/mol. The van der Waals surface area contributed by atoms with Gasteiger partial charge < -0.3 is 8.98 Å². The van der Waals surface area contributed by atoms with Gasteiger partial charge in [0.2, 0.25) is 0 Å². The molecule has 0 spiro atoms. The number of benzene rings is 5. The second-order valence-electron chi connectivity index (χ2n) is 8.04. The van der Waals surface area contributed by atoms with Gasteiger partial charge in [-0.15, -0.1) is 18.2 Å². The van der Waals surface area contributed by atoms with Gasteiger partial charge in [0.05, 0.1) is 11.4 Å². The Morgan fingerprint density at radius 2 is 1.38 bits per heavy atom. The normalized spacial score (nSPS) is 11.7. The van der Waals surface area contributed by atoms with Crippen molar-refractivity contribution in [1.29, 1.82) is 0 Å². The van der Waals surface area contributed by atoms with E-state index < -0.39 is 0 Å². The van der Waals surface area contributed by atoms with E-state index in [0.717, 1.165) is 33.3 Å². The number of aromatic nitrogens is 2. The largest absolute Gasteiger partial charge is 0.501 e. The molecule has 5 aromatic carbocycles. The first-order valence-electron chi connectivity index (χ1n) is 10.4. The number of rotatable bonds is 1. The molecular formula is C28H17IrN2O-. The van der Waals surface area contributed by atoms with Crippen LogP contribution in [0.4, 0.5) is 0 Å². The van der Waals surface area contributed by atoms with Crippen molar-refractivity contribution in [1.82, 2.24) is 9.55 Å². The number of furan rings is 1. The molecule has 0 saturated carbocycles. The quantitative estimate of drug-likeness (QED) is 0.149. The fourth-order valence-corrected chi connectivity index (χ4v) is 4.91. The molecule has 0 bridgehead atoms. The smallest absolute Gasteiger partial charge is 0.121 e. The van der Waals surface area contributed by atoms with Crippen molar-refractivity contribution >= 4 is 54.3 Å². The van der Waals surface area contributed by atoms with Crippen LogP contribution in [-0.4, -0.2) is 9.55 Å². The first-order valence-corrected chi connectivity index (χ1v) is 10.4. The summed E-state index contributed by atoms with van der Waals surface area (Å²) in [5.41, 5.74) is 2.61.